The van der Waals surface area contributed by atoms with Gasteiger partial charge in [0.05, 0.1) is 10.6 Å². The number of hydrogen-bond donors (Lipinski definition) is 2. The fourth-order valence-corrected chi connectivity index (χ4v) is 1.45. The fourth-order valence-electron chi connectivity index (χ4n) is 1.15. The van der Waals surface area contributed by atoms with E-state index in [9.17, 15) is 9.90 Å². The Labute approximate surface area is 111 Å². The van der Waals surface area contributed by atoms with Crippen LogP contribution in [0.5, 0.6) is 5.75 Å². The standard InChI is InChI=1S/C12H15Cl2NO2/c1-12(2,6-13)7-15-11(17)9-5-8(16)3-4-10(9)14/h3-5,16H,6-7H2,1-2H3,(H,15,17). The molecular weight excluding hydrogens is 261 g/mol. The molecule has 0 aliphatic rings. The Morgan fingerprint density at radius 1 is 1.47 bits per heavy atom. The summed E-state index contributed by atoms with van der Waals surface area (Å²) in [6.07, 6.45) is 0. The molecule has 0 bridgehead atoms. The SMILES string of the molecule is CC(C)(CCl)CNC(=O)c1cc(O)ccc1Cl. The van der Waals surface area contributed by atoms with Crippen molar-refractivity contribution in [1.29, 1.82) is 0 Å². The van der Waals surface area contributed by atoms with Crippen molar-refractivity contribution in [1.82, 2.24) is 5.32 Å². The number of carbonyl (C=O) groups excluding carboxylic acids is 1. The monoisotopic (exact) mass is 275 g/mol. The van der Waals surface area contributed by atoms with E-state index in [1.165, 1.54) is 18.2 Å². The van der Waals surface area contributed by atoms with Crippen LogP contribution < -0.4 is 5.32 Å². The smallest absolute Gasteiger partial charge is 0.252 e. The normalized spacial score (nSPS) is 11.3. The van der Waals surface area contributed by atoms with Gasteiger partial charge in [-0.2, -0.15) is 0 Å². The quantitative estimate of drug-likeness (QED) is 0.830. The van der Waals surface area contributed by atoms with E-state index in [1.54, 1.807) is 0 Å². The molecule has 1 aromatic rings. The van der Waals surface area contributed by atoms with Crippen LogP contribution in [0.3, 0.4) is 0 Å². The maximum absolute atomic E-state index is 11.8. The summed E-state index contributed by atoms with van der Waals surface area (Å²) in [4.78, 5) is 11.8. The van der Waals surface area contributed by atoms with Gasteiger partial charge in [0.25, 0.3) is 5.91 Å². The first kappa shape index (κ1) is 14.1. The van der Waals surface area contributed by atoms with Gasteiger partial charge in [-0.3, -0.25) is 4.79 Å². The lowest BCUT2D eigenvalue weighted by Gasteiger charge is -2.21. The Hall–Kier alpha value is -0.930. The Kier molecular flexibility index (Phi) is 4.66. The molecule has 94 valence electrons. The van der Waals surface area contributed by atoms with E-state index in [2.05, 4.69) is 5.32 Å². The highest BCUT2D eigenvalue weighted by atomic mass is 35.5. The van der Waals surface area contributed by atoms with E-state index in [-0.39, 0.29) is 22.6 Å². The van der Waals surface area contributed by atoms with E-state index in [1.807, 2.05) is 13.8 Å². The van der Waals surface area contributed by atoms with E-state index in [0.29, 0.717) is 17.4 Å². The molecule has 0 spiro atoms. The second-order valence-corrected chi connectivity index (χ2v) is 5.32. The molecule has 5 heteroatoms. The maximum atomic E-state index is 11.8. The summed E-state index contributed by atoms with van der Waals surface area (Å²) >= 11 is 11.6. The van der Waals surface area contributed by atoms with E-state index < -0.39 is 0 Å². The van der Waals surface area contributed by atoms with Gasteiger partial charge in [-0.05, 0) is 23.6 Å². The number of amides is 1. The third-order valence-electron chi connectivity index (χ3n) is 2.28. The molecule has 0 aliphatic carbocycles. The molecule has 2 N–H and O–H groups in total. The molecule has 0 aliphatic heterocycles. The van der Waals surface area contributed by atoms with Gasteiger partial charge >= 0.3 is 0 Å². The second kappa shape index (κ2) is 5.61. The molecule has 0 saturated carbocycles. The van der Waals surface area contributed by atoms with Crippen molar-refractivity contribution in [2.75, 3.05) is 12.4 Å². The molecule has 0 atom stereocenters. The highest BCUT2D eigenvalue weighted by Gasteiger charge is 2.19. The van der Waals surface area contributed by atoms with Gasteiger partial charge in [0.15, 0.2) is 0 Å². The van der Waals surface area contributed by atoms with Gasteiger partial charge < -0.3 is 10.4 Å². The van der Waals surface area contributed by atoms with Gasteiger partial charge in [-0.25, -0.2) is 0 Å². The van der Waals surface area contributed by atoms with Crippen LogP contribution in [0.15, 0.2) is 18.2 Å². The first-order valence-electron chi connectivity index (χ1n) is 5.18. The number of rotatable bonds is 4. The highest BCUT2D eigenvalue weighted by Crippen LogP contribution is 2.21. The molecule has 17 heavy (non-hydrogen) atoms. The molecule has 1 amide bonds. The van der Waals surface area contributed by atoms with Crippen molar-refractivity contribution >= 4 is 29.1 Å². The van der Waals surface area contributed by atoms with Crippen molar-refractivity contribution in [2.24, 2.45) is 5.41 Å². The second-order valence-electron chi connectivity index (χ2n) is 4.64. The molecule has 0 radical (unpaired) electrons. The number of hydrogen-bond acceptors (Lipinski definition) is 2. The Bertz CT molecular complexity index is 419. The van der Waals surface area contributed by atoms with Crippen LogP contribution in [0.2, 0.25) is 5.02 Å². The lowest BCUT2D eigenvalue weighted by atomic mass is 9.96. The molecule has 0 saturated heterocycles. The van der Waals surface area contributed by atoms with Gasteiger partial charge in [0, 0.05) is 12.4 Å². The predicted molar refractivity (Wildman–Crippen MR) is 70.0 cm³/mol. The number of carbonyl (C=O) groups is 1. The highest BCUT2D eigenvalue weighted by molar-refractivity contribution is 6.33. The third kappa shape index (κ3) is 4.10. The van der Waals surface area contributed by atoms with E-state index in [4.69, 9.17) is 23.2 Å². The Balaban J connectivity index is 2.74. The van der Waals surface area contributed by atoms with Gasteiger partial charge in [-0.1, -0.05) is 25.4 Å². The molecule has 1 aromatic carbocycles. The Morgan fingerprint density at radius 3 is 2.71 bits per heavy atom. The minimum atomic E-state index is -0.316. The number of phenols is 1. The Morgan fingerprint density at radius 2 is 2.12 bits per heavy atom. The summed E-state index contributed by atoms with van der Waals surface area (Å²) in [6, 6.07) is 4.26. The van der Waals surface area contributed by atoms with Crippen LogP contribution in [0.1, 0.15) is 24.2 Å². The van der Waals surface area contributed by atoms with Gasteiger partial charge in [0.2, 0.25) is 0 Å². The first-order valence-corrected chi connectivity index (χ1v) is 6.10. The lowest BCUT2D eigenvalue weighted by Crippen LogP contribution is -2.35. The van der Waals surface area contributed by atoms with Crippen LogP contribution in [0, 0.1) is 5.41 Å². The zero-order chi connectivity index (χ0) is 13.1. The van der Waals surface area contributed by atoms with Crippen LogP contribution in [0.25, 0.3) is 0 Å². The van der Waals surface area contributed by atoms with Gasteiger partial charge in [-0.15, -0.1) is 11.6 Å². The van der Waals surface area contributed by atoms with Crippen molar-refractivity contribution < 1.29 is 9.90 Å². The zero-order valence-electron chi connectivity index (χ0n) is 9.76. The number of aromatic hydroxyl groups is 1. The summed E-state index contributed by atoms with van der Waals surface area (Å²) in [6.45, 7) is 4.34. The van der Waals surface area contributed by atoms with Crippen molar-refractivity contribution in [3.63, 3.8) is 0 Å². The molecule has 0 unspecified atom stereocenters. The number of benzene rings is 1. The van der Waals surface area contributed by atoms with Crippen LogP contribution in [-0.4, -0.2) is 23.4 Å². The summed E-state index contributed by atoms with van der Waals surface area (Å²) < 4.78 is 0. The molecule has 0 fully saturated rings. The average molecular weight is 276 g/mol. The summed E-state index contributed by atoms with van der Waals surface area (Å²) in [5.74, 6) is 0.140. The molecule has 0 heterocycles. The topological polar surface area (TPSA) is 49.3 Å². The molecule has 3 nitrogen and oxygen atoms in total. The third-order valence-corrected chi connectivity index (χ3v) is 3.34. The average Bonchev–Trinajstić information content (AvgIpc) is 2.29. The molecule has 1 rings (SSSR count). The predicted octanol–water partition coefficient (Wildman–Crippen LogP) is 3.04. The number of nitrogens with one attached hydrogen (secondary N) is 1. The van der Waals surface area contributed by atoms with Crippen LogP contribution in [0.4, 0.5) is 0 Å². The van der Waals surface area contributed by atoms with Crippen molar-refractivity contribution in [3.8, 4) is 5.75 Å². The van der Waals surface area contributed by atoms with Crippen molar-refractivity contribution in [3.05, 3.63) is 28.8 Å². The zero-order valence-corrected chi connectivity index (χ0v) is 11.3. The molecule has 0 aromatic heterocycles. The largest absolute Gasteiger partial charge is 0.508 e. The summed E-state index contributed by atoms with van der Waals surface area (Å²) in [7, 11) is 0. The van der Waals surface area contributed by atoms with Crippen LogP contribution in [-0.2, 0) is 0 Å². The van der Waals surface area contributed by atoms with Gasteiger partial charge in [0.1, 0.15) is 5.75 Å². The first-order chi connectivity index (χ1) is 7.85. The minimum absolute atomic E-state index is 0.0103. The van der Waals surface area contributed by atoms with Crippen molar-refractivity contribution in [2.45, 2.75) is 13.8 Å². The lowest BCUT2D eigenvalue weighted by molar-refractivity contribution is 0.0939. The number of halogens is 2. The fraction of sp³-hybridized carbons (Fsp3) is 0.417. The summed E-state index contributed by atoms with van der Waals surface area (Å²) in [5.41, 5.74) is 0.0811. The number of alkyl halides is 1. The van der Waals surface area contributed by atoms with Crippen LogP contribution >= 0.6 is 23.2 Å². The van der Waals surface area contributed by atoms with E-state index >= 15 is 0 Å². The number of phenolic OH excluding ortho intramolecular Hbond substituents is 1. The van der Waals surface area contributed by atoms with E-state index in [0.717, 1.165) is 0 Å². The maximum Gasteiger partial charge on any atom is 0.252 e. The summed E-state index contributed by atoms with van der Waals surface area (Å²) in [5, 5.41) is 12.3. The molecular formula is C12H15Cl2NO2. The minimum Gasteiger partial charge on any atom is -0.508 e.